The molecule has 8 heteroatoms. The molecule has 1 aromatic rings. The SMILES string of the molecule is O=C1NC(=O)[C@@H](CC(=O)N2CCCN(Cc3cccs3)CC2)N1. The van der Waals surface area contributed by atoms with Crippen molar-refractivity contribution < 1.29 is 14.4 Å². The molecule has 0 aromatic carbocycles. The van der Waals surface area contributed by atoms with Gasteiger partial charge in [0.15, 0.2) is 0 Å². The minimum atomic E-state index is -0.736. The van der Waals surface area contributed by atoms with E-state index in [-0.39, 0.29) is 12.3 Å². The van der Waals surface area contributed by atoms with Gasteiger partial charge in [0.1, 0.15) is 6.04 Å². The summed E-state index contributed by atoms with van der Waals surface area (Å²) in [5.41, 5.74) is 0. The van der Waals surface area contributed by atoms with E-state index in [0.717, 1.165) is 26.1 Å². The molecule has 4 amide bonds. The van der Waals surface area contributed by atoms with Gasteiger partial charge in [-0.1, -0.05) is 6.07 Å². The molecular formula is C15H20N4O3S. The van der Waals surface area contributed by atoms with Crippen LogP contribution < -0.4 is 10.6 Å². The molecule has 0 spiro atoms. The molecule has 7 nitrogen and oxygen atoms in total. The number of carbonyl (C=O) groups excluding carboxylic acids is 3. The Kier molecular flexibility index (Phi) is 4.92. The van der Waals surface area contributed by atoms with Gasteiger partial charge in [-0.25, -0.2) is 4.79 Å². The van der Waals surface area contributed by atoms with Crippen molar-refractivity contribution >= 4 is 29.2 Å². The second-order valence-corrected chi connectivity index (χ2v) is 6.84. The highest BCUT2D eigenvalue weighted by molar-refractivity contribution is 7.09. The number of imide groups is 1. The Morgan fingerprint density at radius 1 is 1.26 bits per heavy atom. The second-order valence-electron chi connectivity index (χ2n) is 5.81. The van der Waals surface area contributed by atoms with E-state index in [1.54, 1.807) is 16.2 Å². The molecular weight excluding hydrogens is 316 g/mol. The van der Waals surface area contributed by atoms with Gasteiger partial charge in [0.05, 0.1) is 6.42 Å². The summed E-state index contributed by atoms with van der Waals surface area (Å²) >= 11 is 1.75. The highest BCUT2D eigenvalue weighted by Gasteiger charge is 2.32. The molecule has 3 rings (SSSR count). The van der Waals surface area contributed by atoms with Crippen LogP contribution in [0.4, 0.5) is 4.79 Å². The fourth-order valence-corrected chi connectivity index (χ4v) is 3.65. The second kappa shape index (κ2) is 7.10. The first kappa shape index (κ1) is 15.9. The van der Waals surface area contributed by atoms with E-state index in [9.17, 15) is 14.4 Å². The molecule has 124 valence electrons. The molecule has 0 bridgehead atoms. The number of nitrogens with zero attached hydrogens (tertiary/aromatic N) is 2. The van der Waals surface area contributed by atoms with Crippen molar-refractivity contribution in [3.8, 4) is 0 Å². The lowest BCUT2D eigenvalue weighted by atomic mass is 10.2. The maximum absolute atomic E-state index is 12.4. The number of rotatable bonds is 4. The fraction of sp³-hybridized carbons (Fsp3) is 0.533. The molecule has 0 saturated carbocycles. The zero-order chi connectivity index (χ0) is 16.2. The van der Waals surface area contributed by atoms with Crippen molar-refractivity contribution in [3.05, 3.63) is 22.4 Å². The predicted molar refractivity (Wildman–Crippen MR) is 85.9 cm³/mol. The summed E-state index contributed by atoms with van der Waals surface area (Å²) in [6.07, 6.45) is 0.947. The van der Waals surface area contributed by atoms with E-state index in [4.69, 9.17) is 0 Å². The number of urea groups is 1. The van der Waals surface area contributed by atoms with Gasteiger partial charge in [0.25, 0.3) is 5.91 Å². The molecule has 0 unspecified atom stereocenters. The molecule has 2 aliphatic heterocycles. The lowest BCUT2D eigenvalue weighted by Crippen LogP contribution is -2.40. The van der Waals surface area contributed by atoms with Crippen LogP contribution in [0.25, 0.3) is 0 Å². The molecule has 2 N–H and O–H groups in total. The molecule has 0 radical (unpaired) electrons. The number of thiophene rings is 1. The Hall–Kier alpha value is -1.93. The van der Waals surface area contributed by atoms with Gasteiger partial charge in [-0.3, -0.25) is 19.8 Å². The van der Waals surface area contributed by atoms with Gasteiger partial charge in [0.2, 0.25) is 5.91 Å². The van der Waals surface area contributed by atoms with Crippen molar-refractivity contribution in [2.24, 2.45) is 0 Å². The smallest absolute Gasteiger partial charge is 0.322 e. The number of nitrogens with one attached hydrogen (secondary N) is 2. The Balaban J connectivity index is 1.50. The Morgan fingerprint density at radius 3 is 2.83 bits per heavy atom. The van der Waals surface area contributed by atoms with Crippen LogP contribution in [0, 0.1) is 0 Å². The van der Waals surface area contributed by atoms with E-state index >= 15 is 0 Å². The van der Waals surface area contributed by atoms with Crippen LogP contribution in [-0.4, -0.2) is 59.9 Å². The number of carbonyl (C=O) groups is 3. The summed E-state index contributed by atoms with van der Waals surface area (Å²) in [7, 11) is 0. The van der Waals surface area contributed by atoms with Gasteiger partial charge in [-0.15, -0.1) is 11.3 Å². The normalized spacial score (nSPS) is 22.6. The van der Waals surface area contributed by atoms with Gasteiger partial charge in [0, 0.05) is 37.6 Å². The monoisotopic (exact) mass is 336 g/mol. The topological polar surface area (TPSA) is 81.8 Å². The Morgan fingerprint density at radius 2 is 2.13 bits per heavy atom. The quantitative estimate of drug-likeness (QED) is 0.779. The molecule has 0 aliphatic carbocycles. The standard InChI is InChI=1S/C15H20N4O3S/c20-13(9-12-14(21)17-15(22)16-12)19-5-2-4-18(6-7-19)10-11-3-1-8-23-11/h1,3,8,12H,2,4-7,9-10H2,(H2,16,17,21,22)/t12-/m1/s1. The first-order valence-electron chi connectivity index (χ1n) is 7.75. The average molecular weight is 336 g/mol. The number of amides is 4. The molecule has 3 heterocycles. The number of hydrogen-bond donors (Lipinski definition) is 2. The average Bonchev–Trinajstić information content (AvgIpc) is 3.04. The summed E-state index contributed by atoms with van der Waals surface area (Å²) < 4.78 is 0. The summed E-state index contributed by atoms with van der Waals surface area (Å²) in [6, 6.07) is 2.92. The predicted octanol–water partition coefficient (Wildman–Crippen LogP) is 0.380. The van der Waals surface area contributed by atoms with Crippen LogP contribution in [0.5, 0.6) is 0 Å². The van der Waals surface area contributed by atoms with E-state index in [1.807, 2.05) is 0 Å². The van der Waals surface area contributed by atoms with Crippen molar-refractivity contribution in [2.75, 3.05) is 26.2 Å². The minimum Gasteiger partial charge on any atom is -0.341 e. The molecule has 1 atom stereocenters. The molecule has 23 heavy (non-hydrogen) atoms. The van der Waals surface area contributed by atoms with Crippen LogP contribution in [0.2, 0.25) is 0 Å². The summed E-state index contributed by atoms with van der Waals surface area (Å²) in [4.78, 5) is 40.5. The van der Waals surface area contributed by atoms with Crippen molar-refractivity contribution in [2.45, 2.75) is 25.4 Å². The fourth-order valence-electron chi connectivity index (χ4n) is 2.91. The van der Waals surface area contributed by atoms with Crippen molar-refractivity contribution in [1.29, 1.82) is 0 Å². The van der Waals surface area contributed by atoms with E-state index in [2.05, 4.69) is 33.0 Å². The summed E-state index contributed by atoms with van der Waals surface area (Å²) in [5, 5.41) is 6.70. The lowest BCUT2D eigenvalue weighted by molar-refractivity contribution is -0.133. The first-order valence-corrected chi connectivity index (χ1v) is 8.63. The third-order valence-corrected chi connectivity index (χ3v) is 5.00. The van der Waals surface area contributed by atoms with Gasteiger partial charge in [-0.05, 0) is 17.9 Å². The van der Waals surface area contributed by atoms with Crippen LogP contribution in [0.3, 0.4) is 0 Å². The summed E-state index contributed by atoms with van der Waals surface area (Å²) in [6.45, 7) is 4.06. The van der Waals surface area contributed by atoms with E-state index < -0.39 is 18.0 Å². The van der Waals surface area contributed by atoms with Crippen LogP contribution >= 0.6 is 11.3 Å². The van der Waals surface area contributed by atoms with Crippen LogP contribution in [0.1, 0.15) is 17.7 Å². The third-order valence-electron chi connectivity index (χ3n) is 4.14. The largest absolute Gasteiger partial charge is 0.341 e. The van der Waals surface area contributed by atoms with E-state index in [1.165, 1.54) is 4.88 Å². The minimum absolute atomic E-state index is 0.0303. The highest BCUT2D eigenvalue weighted by Crippen LogP contribution is 2.14. The van der Waals surface area contributed by atoms with Crippen molar-refractivity contribution in [3.63, 3.8) is 0 Å². The van der Waals surface area contributed by atoms with Gasteiger partial charge < -0.3 is 10.2 Å². The lowest BCUT2D eigenvalue weighted by Gasteiger charge is -2.22. The third kappa shape index (κ3) is 4.08. The zero-order valence-corrected chi connectivity index (χ0v) is 13.6. The molecule has 2 aliphatic rings. The Bertz CT molecular complexity index is 590. The highest BCUT2D eigenvalue weighted by atomic mass is 32.1. The van der Waals surface area contributed by atoms with Crippen LogP contribution in [-0.2, 0) is 16.1 Å². The number of hydrogen-bond acceptors (Lipinski definition) is 5. The Labute approximate surface area is 138 Å². The maximum Gasteiger partial charge on any atom is 0.322 e. The van der Waals surface area contributed by atoms with Crippen LogP contribution in [0.15, 0.2) is 17.5 Å². The maximum atomic E-state index is 12.4. The summed E-state index contributed by atoms with van der Waals surface area (Å²) in [5.74, 6) is -0.497. The van der Waals surface area contributed by atoms with Gasteiger partial charge >= 0.3 is 6.03 Å². The molecule has 2 fully saturated rings. The van der Waals surface area contributed by atoms with E-state index in [0.29, 0.717) is 13.1 Å². The van der Waals surface area contributed by atoms with Gasteiger partial charge in [-0.2, -0.15) is 0 Å². The molecule has 2 saturated heterocycles. The van der Waals surface area contributed by atoms with Crippen molar-refractivity contribution in [1.82, 2.24) is 20.4 Å². The molecule has 1 aromatic heterocycles. The first-order chi connectivity index (χ1) is 11.1. The zero-order valence-electron chi connectivity index (χ0n) is 12.8.